The first-order valence-electron chi connectivity index (χ1n) is 5.20. The summed E-state index contributed by atoms with van der Waals surface area (Å²) in [6, 6.07) is 0. The molecule has 0 aromatic heterocycles. The van der Waals surface area contributed by atoms with Gasteiger partial charge in [-0.3, -0.25) is 0 Å². The van der Waals surface area contributed by atoms with Gasteiger partial charge in [-0.2, -0.15) is 0 Å². The number of nitrogens with one attached hydrogen (secondary N) is 1. The lowest BCUT2D eigenvalue weighted by atomic mass is 9.93. The average Bonchev–Trinajstić information content (AvgIpc) is 2.15. The smallest absolute Gasteiger partial charge is 0.0802 e. The van der Waals surface area contributed by atoms with E-state index in [1.165, 1.54) is 0 Å². The van der Waals surface area contributed by atoms with Crippen LogP contribution in [0.4, 0.5) is 0 Å². The quantitative estimate of drug-likeness (QED) is 0.683. The number of hydrogen-bond donors (Lipinski definition) is 2. The molecule has 2 N–H and O–H groups in total. The molecule has 0 spiro atoms. The van der Waals surface area contributed by atoms with Crippen LogP contribution in [0.1, 0.15) is 26.7 Å². The highest BCUT2D eigenvalue weighted by Crippen LogP contribution is 2.16. The molecule has 1 rings (SSSR count). The van der Waals surface area contributed by atoms with Crippen LogP contribution in [-0.4, -0.2) is 37.0 Å². The van der Waals surface area contributed by atoms with Crippen LogP contribution >= 0.6 is 0 Å². The van der Waals surface area contributed by atoms with Crippen LogP contribution in [0, 0.1) is 5.92 Å². The maximum Gasteiger partial charge on any atom is 0.0802 e. The Morgan fingerprint density at radius 3 is 2.54 bits per heavy atom. The topological polar surface area (TPSA) is 41.5 Å². The van der Waals surface area contributed by atoms with Crippen molar-refractivity contribution in [2.45, 2.75) is 38.9 Å². The van der Waals surface area contributed by atoms with E-state index in [-0.39, 0.29) is 12.2 Å². The van der Waals surface area contributed by atoms with Gasteiger partial charge in [0.15, 0.2) is 0 Å². The first-order valence-corrected chi connectivity index (χ1v) is 5.20. The SMILES string of the molecule is CC(C)OCC(O)C1CCNCC1. The Morgan fingerprint density at radius 1 is 1.38 bits per heavy atom. The minimum Gasteiger partial charge on any atom is -0.390 e. The first kappa shape index (κ1) is 11.0. The van der Waals surface area contributed by atoms with Gasteiger partial charge < -0.3 is 15.2 Å². The lowest BCUT2D eigenvalue weighted by Gasteiger charge is -2.27. The summed E-state index contributed by atoms with van der Waals surface area (Å²) in [4.78, 5) is 0. The molecule has 1 aliphatic heterocycles. The van der Waals surface area contributed by atoms with Gasteiger partial charge in [0.25, 0.3) is 0 Å². The molecule has 0 aliphatic carbocycles. The minimum absolute atomic E-state index is 0.219. The molecule has 1 saturated heterocycles. The molecule has 0 radical (unpaired) electrons. The van der Waals surface area contributed by atoms with E-state index < -0.39 is 0 Å². The molecule has 78 valence electrons. The van der Waals surface area contributed by atoms with Crippen LogP contribution in [0.5, 0.6) is 0 Å². The summed E-state index contributed by atoms with van der Waals surface area (Å²) in [5.74, 6) is 0.431. The molecule has 1 heterocycles. The van der Waals surface area contributed by atoms with Crippen molar-refractivity contribution in [2.24, 2.45) is 5.92 Å². The number of aliphatic hydroxyl groups is 1. The van der Waals surface area contributed by atoms with Gasteiger partial charge >= 0.3 is 0 Å². The van der Waals surface area contributed by atoms with E-state index in [2.05, 4.69) is 5.32 Å². The number of rotatable bonds is 4. The Bertz CT molecular complexity index is 133. The molecule has 3 heteroatoms. The highest BCUT2D eigenvalue weighted by Gasteiger charge is 2.21. The van der Waals surface area contributed by atoms with E-state index in [9.17, 15) is 5.11 Å². The van der Waals surface area contributed by atoms with Crippen molar-refractivity contribution >= 4 is 0 Å². The monoisotopic (exact) mass is 187 g/mol. The highest BCUT2D eigenvalue weighted by atomic mass is 16.5. The molecule has 0 saturated carbocycles. The normalized spacial score (nSPS) is 22.2. The Kier molecular flexibility index (Phi) is 4.70. The molecule has 0 aromatic carbocycles. The third-order valence-electron chi connectivity index (χ3n) is 2.53. The van der Waals surface area contributed by atoms with Gasteiger partial charge in [-0.1, -0.05) is 0 Å². The zero-order valence-electron chi connectivity index (χ0n) is 8.62. The largest absolute Gasteiger partial charge is 0.390 e. The van der Waals surface area contributed by atoms with Gasteiger partial charge in [-0.25, -0.2) is 0 Å². The van der Waals surface area contributed by atoms with E-state index >= 15 is 0 Å². The fraction of sp³-hybridized carbons (Fsp3) is 1.00. The van der Waals surface area contributed by atoms with Crippen LogP contribution < -0.4 is 5.32 Å². The summed E-state index contributed by atoms with van der Waals surface area (Å²) in [6.07, 6.45) is 2.09. The molecule has 0 amide bonds. The molecular weight excluding hydrogens is 166 g/mol. The zero-order valence-corrected chi connectivity index (χ0v) is 8.62. The van der Waals surface area contributed by atoms with Crippen LogP contribution in [0.15, 0.2) is 0 Å². The van der Waals surface area contributed by atoms with Gasteiger partial charge in [-0.05, 0) is 45.7 Å². The van der Waals surface area contributed by atoms with Crippen LogP contribution in [0.3, 0.4) is 0 Å². The number of ether oxygens (including phenoxy) is 1. The summed E-state index contributed by atoms with van der Waals surface area (Å²) >= 11 is 0. The summed E-state index contributed by atoms with van der Waals surface area (Å²) in [5, 5.41) is 13.1. The van der Waals surface area contributed by atoms with Crippen molar-refractivity contribution in [3.05, 3.63) is 0 Å². The van der Waals surface area contributed by atoms with Crippen LogP contribution in [0.25, 0.3) is 0 Å². The third kappa shape index (κ3) is 4.07. The maximum absolute atomic E-state index is 9.77. The van der Waals surface area contributed by atoms with Crippen molar-refractivity contribution in [1.29, 1.82) is 0 Å². The van der Waals surface area contributed by atoms with E-state index in [0.717, 1.165) is 25.9 Å². The molecule has 1 aliphatic rings. The molecule has 0 bridgehead atoms. The Labute approximate surface area is 80.5 Å². The van der Waals surface area contributed by atoms with Crippen molar-refractivity contribution in [3.8, 4) is 0 Å². The Hall–Kier alpha value is -0.120. The second kappa shape index (κ2) is 5.58. The van der Waals surface area contributed by atoms with E-state index in [4.69, 9.17) is 4.74 Å². The first-order chi connectivity index (χ1) is 6.20. The van der Waals surface area contributed by atoms with E-state index in [1.54, 1.807) is 0 Å². The fourth-order valence-electron chi connectivity index (χ4n) is 1.66. The maximum atomic E-state index is 9.77. The number of piperidine rings is 1. The van der Waals surface area contributed by atoms with Gasteiger partial charge in [0.1, 0.15) is 0 Å². The molecule has 1 unspecified atom stereocenters. The summed E-state index contributed by atoms with van der Waals surface area (Å²) < 4.78 is 5.39. The van der Waals surface area contributed by atoms with E-state index in [1.807, 2.05) is 13.8 Å². The molecule has 1 fully saturated rings. The van der Waals surface area contributed by atoms with Gasteiger partial charge in [0.2, 0.25) is 0 Å². The average molecular weight is 187 g/mol. The van der Waals surface area contributed by atoms with Gasteiger partial charge in [-0.15, -0.1) is 0 Å². The van der Waals surface area contributed by atoms with Crippen LogP contribution in [0.2, 0.25) is 0 Å². The second-order valence-electron chi connectivity index (χ2n) is 4.04. The molecule has 13 heavy (non-hydrogen) atoms. The molecular formula is C10H21NO2. The number of hydrogen-bond acceptors (Lipinski definition) is 3. The summed E-state index contributed by atoms with van der Waals surface area (Å²) in [5.41, 5.74) is 0. The Balaban J connectivity index is 2.17. The van der Waals surface area contributed by atoms with Crippen molar-refractivity contribution in [1.82, 2.24) is 5.32 Å². The molecule has 1 atom stereocenters. The molecule has 3 nitrogen and oxygen atoms in total. The summed E-state index contributed by atoms with van der Waals surface area (Å²) in [7, 11) is 0. The lowest BCUT2D eigenvalue weighted by molar-refractivity contribution is -0.0252. The second-order valence-corrected chi connectivity index (χ2v) is 4.04. The lowest BCUT2D eigenvalue weighted by Crippen LogP contribution is -2.36. The number of aliphatic hydroxyl groups excluding tert-OH is 1. The van der Waals surface area contributed by atoms with Crippen molar-refractivity contribution in [3.63, 3.8) is 0 Å². The fourth-order valence-corrected chi connectivity index (χ4v) is 1.66. The predicted molar refractivity (Wildman–Crippen MR) is 52.7 cm³/mol. The molecule has 0 aromatic rings. The Morgan fingerprint density at radius 2 is 2.00 bits per heavy atom. The van der Waals surface area contributed by atoms with Crippen molar-refractivity contribution < 1.29 is 9.84 Å². The minimum atomic E-state index is -0.274. The summed E-state index contributed by atoms with van der Waals surface area (Å²) in [6.45, 7) is 6.54. The highest BCUT2D eigenvalue weighted by molar-refractivity contribution is 4.74. The zero-order chi connectivity index (χ0) is 9.68. The predicted octanol–water partition coefficient (Wildman–Crippen LogP) is 0.772. The third-order valence-corrected chi connectivity index (χ3v) is 2.53. The van der Waals surface area contributed by atoms with Crippen LogP contribution in [-0.2, 0) is 4.74 Å². The van der Waals surface area contributed by atoms with E-state index in [0.29, 0.717) is 12.5 Å². The van der Waals surface area contributed by atoms with Gasteiger partial charge in [0, 0.05) is 0 Å². The van der Waals surface area contributed by atoms with Crippen molar-refractivity contribution in [2.75, 3.05) is 19.7 Å². The van der Waals surface area contributed by atoms with Gasteiger partial charge in [0.05, 0.1) is 18.8 Å². The standard InChI is InChI=1S/C10H21NO2/c1-8(2)13-7-10(12)9-3-5-11-6-4-9/h8-12H,3-7H2,1-2H3.